The lowest BCUT2D eigenvalue weighted by Gasteiger charge is -2.20. The molecule has 3 aromatic carbocycles. The third-order valence-corrected chi connectivity index (χ3v) is 6.13. The monoisotopic (exact) mass is 454 g/mol. The summed E-state index contributed by atoms with van der Waals surface area (Å²) in [5, 5.41) is 23.1. The normalized spacial score (nSPS) is 11.5. The molecule has 0 aliphatic carbocycles. The molecule has 0 fully saturated rings. The van der Waals surface area contributed by atoms with Gasteiger partial charge in [-0.15, -0.1) is 0 Å². The molecular formula is C28H22O6. The van der Waals surface area contributed by atoms with Gasteiger partial charge in [0.2, 0.25) is 0 Å². The molecule has 0 atom stereocenters. The van der Waals surface area contributed by atoms with Crippen molar-refractivity contribution < 1.29 is 19.0 Å². The highest BCUT2D eigenvalue weighted by molar-refractivity contribution is 5.87. The van der Waals surface area contributed by atoms with Crippen LogP contribution in [0.4, 0.5) is 0 Å². The summed E-state index contributed by atoms with van der Waals surface area (Å²) in [5.74, 6) is -1.73. The number of rotatable bonds is 3. The molecule has 0 aliphatic rings. The zero-order valence-electron chi connectivity index (χ0n) is 18.9. The van der Waals surface area contributed by atoms with E-state index in [1.165, 1.54) is 0 Å². The summed E-state index contributed by atoms with van der Waals surface area (Å²) in [4.78, 5) is 26.4. The quantitative estimate of drug-likeness (QED) is 0.353. The summed E-state index contributed by atoms with van der Waals surface area (Å²) in [7, 11) is 0. The first-order valence-corrected chi connectivity index (χ1v) is 10.8. The van der Waals surface area contributed by atoms with Crippen molar-refractivity contribution >= 4 is 21.9 Å². The van der Waals surface area contributed by atoms with E-state index in [0.29, 0.717) is 16.3 Å². The van der Waals surface area contributed by atoms with Crippen LogP contribution in [-0.4, -0.2) is 10.2 Å². The zero-order chi connectivity index (χ0) is 24.1. The van der Waals surface area contributed by atoms with Crippen LogP contribution in [0.3, 0.4) is 0 Å². The van der Waals surface area contributed by atoms with Crippen molar-refractivity contribution in [2.45, 2.75) is 26.7 Å². The standard InChI is InChI=1S/C28H22O6/c1-14-4-8-17(9-5-14)22(23-25(29)18-10-6-15(2)12-20(18)33-27(23)31)24-26(30)19-11-7-16(3)13-21(19)34-28(24)32/h4-13,22,29-30H,1-3H3. The first kappa shape index (κ1) is 21.5. The Bertz CT molecular complexity index is 1580. The van der Waals surface area contributed by atoms with Crippen LogP contribution < -0.4 is 11.3 Å². The van der Waals surface area contributed by atoms with Crippen molar-refractivity contribution in [1.82, 2.24) is 0 Å². The van der Waals surface area contributed by atoms with Gasteiger partial charge in [-0.25, -0.2) is 9.59 Å². The lowest BCUT2D eigenvalue weighted by Crippen LogP contribution is -2.21. The van der Waals surface area contributed by atoms with Crippen molar-refractivity contribution in [3.05, 3.63) is 115 Å². The third-order valence-electron chi connectivity index (χ3n) is 6.13. The van der Waals surface area contributed by atoms with Crippen molar-refractivity contribution in [3.63, 3.8) is 0 Å². The Morgan fingerprint density at radius 1 is 0.618 bits per heavy atom. The molecule has 0 bridgehead atoms. The molecule has 0 unspecified atom stereocenters. The second-order valence-electron chi connectivity index (χ2n) is 8.65. The summed E-state index contributed by atoms with van der Waals surface area (Å²) < 4.78 is 11.1. The predicted octanol–water partition coefficient (Wildman–Crippen LogP) is 5.42. The van der Waals surface area contributed by atoms with Crippen LogP contribution in [0.25, 0.3) is 21.9 Å². The smallest absolute Gasteiger partial charge is 0.344 e. The highest BCUT2D eigenvalue weighted by Gasteiger charge is 2.32. The molecule has 0 radical (unpaired) electrons. The van der Waals surface area contributed by atoms with Crippen molar-refractivity contribution in [2.24, 2.45) is 0 Å². The minimum Gasteiger partial charge on any atom is -0.507 e. The van der Waals surface area contributed by atoms with E-state index in [-0.39, 0.29) is 33.8 Å². The molecule has 170 valence electrons. The van der Waals surface area contributed by atoms with E-state index in [2.05, 4.69) is 0 Å². The fourth-order valence-electron chi connectivity index (χ4n) is 4.36. The Morgan fingerprint density at radius 2 is 1.03 bits per heavy atom. The maximum absolute atomic E-state index is 13.2. The minimum absolute atomic E-state index is 0.144. The van der Waals surface area contributed by atoms with E-state index in [1.54, 1.807) is 48.5 Å². The Morgan fingerprint density at radius 3 is 1.47 bits per heavy atom. The second kappa shape index (κ2) is 7.92. The number of aryl methyl sites for hydroxylation is 3. The van der Waals surface area contributed by atoms with E-state index in [4.69, 9.17) is 8.83 Å². The van der Waals surface area contributed by atoms with Crippen LogP contribution in [0.1, 0.15) is 39.3 Å². The molecule has 5 rings (SSSR count). The van der Waals surface area contributed by atoms with Gasteiger partial charge in [-0.3, -0.25) is 0 Å². The van der Waals surface area contributed by atoms with Crippen LogP contribution in [0.5, 0.6) is 11.5 Å². The number of fused-ring (bicyclic) bond motifs is 2. The van der Waals surface area contributed by atoms with Gasteiger partial charge in [0.25, 0.3) is 0 Å². The largest absolute Gasteiger partial charge is 0.507 e. The van der Waals surface area contributed by atoms with Gasteiger partial charge >= 0.3 is 11.3 Å². The fourth-order valence-corrected chi connectivity index (χ4v) is 4.36. The molecule has 0 saturated heterocycles. The Kier molecular flexibility index (Phi) is 5.01. The Balaban J connectivity index is 1.89. The first-order valence-electron chi connectivity index (χ1n) is 10.8. The van der Waals surface area contributed by atoms with Gasteiger partial charge in [0.1, 0.15) is 22.7 Å². The molecule has 0 saturated carbocycles. The lowest BCUT2D eigenvalue weighted by molar-refractivity contribution is 0.441. The minimum atomic E-state index is -1.12. The molecule has 0 aliphatic heterocycles. The van der Waals surface area contributed by atoms with Gasteiger partial charge in [0.05, 0.1) is 27.8 Å². The Hall–Kier alpha value is -4.32. The molecule has 5 aromatic rings. The maximum Gasteiger partial charge on any atom is 0.344 e. The van der Waals surface area contributed by atoms with Crippen LogP contribution >= 0.6 is 0 Å². The van der Waals surface area contributed by atoms with Crippen LogP contribution in [0, 0.1) is 20.8 Å². The summed E-state index contributed by atoms with van der Waals surface area (Å²) in [6, 6.07) is 17.4. The molecule has 6 heteroatoms. The van der Waals surface area contributed by atoms with E-state index in [9.17, 15) is 19.8 Å². The zero-order valence-corrected chi connectivity index (χ0v) is 18.9. The molecule has 0 spiro atoms. The van der Waals surface area contributed by atoms with Gasteiger partial charge in [0.15, 0.2) is 0 Å². The number of aromatic hydroxyl groups is 2. The molecule has 2 heterocycles. The number of hydrogen-bond acceptors (Lipinski definition) is 6. The van der Waals surface area contributed by atoms with E-state index < -0.39 is 17.2 Å². The summed E-state index contributed by atoms with van der Waals surface area (Å²) in [6.07, 6.45) is 0. The van der Waals surface area contributed by atoms with Crippen LogP contribution in [-0.2, 0) is 0 Å². The van der Waals surface area contributed by atoms with Gasteiger partial charge in [-0.05, 0) is 61.7 Å². The van der Waals surface area contributed by atoms with Crippen molar-refractivity contribution in [2.75, 3.05) is 0 Å². The average molecular weight is 454 g/mol. The van der Waals surface area contributed by atoms with Gasteiger partial charge in [-0.2, -0.15) is 0 Å². The SMILES string of the molecule is Cc1ccc(C(c2c(O)c3ccc(C)cc3oc2=O)c2c(O)c3ccc(C)cc3oc2=O)cc1. The van der Waals surface area contributed by atoms with Gasteiger partial charge in [-0.1, -0.05) is 42.0 Å². The Labute approximate surface area is 194 Å². The van der Waals surface area contributed by atoms with Crippen molar-refractivity contribution in [3.8, 4) is 11.5 Å². The third kappa shape index (κ3) is 3.44. The van der Waals surface area contributed by atoms with E-state index >= 15 is 0 Å². The molecule has 2 aromatic heterocycles. The van der Waals surface area contributed by atoms with E-state index in [1.807, 2.05) is 32.9 Å². The van der Waals surface area contributed by atoms with Crippen LogP contribution in [0.15, 0.2) is 79.1 Å². The average Bonchev–Trinajstić information content (AvgIpc) is 2.78. The highest BCUT2D eigenvalue weighted by atomic mass is 16.4. The second-order valence-corrected chi connectivity index (χ2v) is 8.65. The first-order chi connectivity index (χ1) is 16.2. The fraction of sp³-hybridized carbons (Fsp3) is 0.143. The maximum atomic E-state index is 13.2. The molecular weight excluding hydrogens is 432 g/mol. The molecule has 2 N–H and O–H groups in total. The highest BCUT2D eigenvalue weighted by Crippen LogP contribution is 2.42. The predicted molar refractivity (Wildman–Crippen MR) is 130 cm³/mol. The number of benzene rings is 3. The van der Waals surface area contributed by atoms with Crippen LogP contribution in [0.2, 0.25) is 0 Å². The summed E-state index contributed by atoms with van der Waals surface area (Å²) in [6.45, 7) is 5.60. The number of hydrogen-bond donors (Lipinski definition) is 2. The summed E-state index contributed by atoms with van der Waals surface area (Å²) in [5.41, 5.74) is 1.79. The topological polar surface area (TPSA) is 101 Å². The van der Waals surface area contributed by atoms with Crippen molar-refractivity contribution in [1.29, 1.82) is 0 Å². The van der Waals surface area contributed by atoms with E-state index in [0.717, 1.165) is 16.7 Å². The molecule has 6 nitrogen and oxygen atoms in total. The van der Waals surface area contributed by atoms with Gasteiger partial charge in [0, 0.05) is 0 Å². The van der Waals surface area contributed by atoms with Gasteiger partial charge < -0.3 is 19.0 Å². The molecule has 0 amide bonds. The molecule has 34 heavy (non-hydrogen) atoms. The lowest BCUT2D eigenvalue weighted by atomic mass is 9.84. The summed E-state index contributed by atoms with van der Waals surface area (Å²) >= 11 is 0.